The second kappa shape index (κ2) is 10.2. The zero-order valence-corrected chi connectivity index (χ0v) is 19.5. The number of ether oxygens (including phenoxy) is 1. The number of halogens is 2. The van der Waals surface area contributed by atoms with Gasteiger partial charge in [0.1, 0.15) is 18.4 Å². The highest BCUT2D eigenvalue weighted by atomic mass is 79.9. The molecule has 0 bridgehead atoms. The first-order valence-corrected chi connectivity index (χ1v) is 11.3. The van der Waals surface area contributed by atoms with Crippen LogP contribution in [0.1, 0.15) is 16.7 Å². The molecule has 4 aromatic rings. The van der Waals surface area contributed by atoms with Gasteiger partial charge in [0.05, 0.1) is 0 Å². The number of H-pyrrole nitrogens is 1. The number of carbonyl (C=O) groups is 1. The van der Waals surface area contributed by atoms with E-state index in [0.29, 0.717) is 30.3 Å². The van der Waals surface area contributed by atoms with Crippen molar-refractivity contribution >= 4 is 44.4 Å². The molecule has 0 radical (unpaired) electrons. The Balaban J connectivity index is 1.46. The number of para-hydroxylation sites is 1. The van der Waals surface area contributed by atoms with Crippen LogP contribution in [0.5, 0.6) is 5.75 Å². The fourth-order valence-corrected chi connectivity index (χ4v) is 4.10. The van der Waals surface area contributed by atoms with Crippen molar-refractivity contribution in [2.24, 2.45) is 0 Å². The lowest BCUT2D eigenvalue weighted by Crippen LogP contribution is -2.38. The Morgan fingerprint density at radius 2 is 1.88 bits per heavy atom. The molecule has 3 N–H and O–H groups in total. The number of benzene rings is 3. The summed E-state index contributed by atoms with van der Waals surface area (Å²) in [4.78, 5) is 15.2. The zero-order chi connectivity index (χ0) is 22.5. The van der Waals surface area contributed by atoms with Crippen LogP contribution < -0.4 is 10.1 Å². The second-order valence-electron chi connectivity index (χ2n) is 7.50. The van der Waals surface area contributed by atoms with Crippen LogP contribution in [0.4, 0.5) is 0 Å². The standard InChI is InChI=1S/C25H22BrClN2O3/c26-19-7-10-24(32-15-16-5-8-20(27)9-6-16)18(11-19)14-29-23(25(30)31)12-17-13-28-22-4-2-1-3-21(17)22/h1-11,13,23,28-29H,12,14-15H2,(H,30,31)/t23-/m0/s1. The first-order chi connectivity index (χ1) is 15.5. The maximum absolute atomic E-state index is 11.9. The van der Waals surface area contributed by atoms with E-state index in [1.165, 1.54) is 0 Å². The summed E-state index contributed by atoms with van der Waals surface area (Å²) in [6.07, 6.45) is 2.25. The maximum atomic E-state index is 11.9. The van der Waals surface area contributed by atoms with Crippen LogP contribution in [0.15, 0.2) is 77.4 Å². The number of hydrogen-bond donors (Lipinski definition) is 3. The molecule has 0 saturated carbocycles. The minimum Gasteiger partial charge on any atom is -0.489 e. The van der Waals surface area contributed by atoms with Crippen LogP contribution in [-0.4, -0.2) is 22.1 Å². The van der Waals surface area contributed by atoms with Gasteiger partial charge in [-0.15, -0.1) is 0 Å². The number of aliphatic carboxylic acids is 1. The van der Waals surface area contributed by atoms with Crippen molar-refractivity contribution in [2.75, 3.05) is 0 Å². The molecule has 4 rings (SSSR count). The van der Waals surface area contributed by atoms with Crippen LogP contribution in [0, 0.1) is 0 Å². The predicted octanol–water partition coefficient (Wildman–Crippen LogP) is 5.95. The lowest BCUT2D eigenvalue weighted by Gasteiger charge is -2.17. The Hall–Kier alpha value is -2.80. The Morgan fingerprint density at radius 1 is 1.09 bits per heavy atom. The molecule has 0 amide bonds. The maximum Gasteiger partial charge on any atom is 0.321 e. The molecule has 0 aliphatic carbocycles. The van der Waals surface area contributed by atoms with Crippen LogP contribution in [-0.2, 0) is 24.4 Å². The minimum absolute atomic E-state index is 0.356. The SMILES string of the molecule is O=C(O)[C@H](Cc1c[nH]c2ccccc12)NCc1cc(Br)ccc1OCc1ccc(Cl)cc1. The average molecular weight is 514 g/mol. The molecule has 0 aliphatic rings. The smallest absolute Gasteiger partial charge is 0.321 e. The summed E-state index contributed by atoms with van der Waals surface area (Å²) in [5.74, 6) is -0.194. The van der Waals surface area contributed by atoms with E-state index in [2.05, 4.69) is 26.2 Å². The Bertz CT molecular complexity index is 1220. The zero-order valence-electron chi connectivity index (χ0n) is 17.1. The molecule has 0 spiro atoms. The fourth-order valence-electron chi connectivity index (χ4n) is 3.57. The van der Waals surface area contributed by atoms with E-state index >= 15 is 0 Å². The van der Waals surface area contributed by atoms with Crippen molar-refractivity contribution in [3.05, 3.63) is 99.1 Å². The topological polar surface area (TPSA) is 74.3 Å². The van der Waals surface area contributed by atoms with Crippen molar-refractivity contribution in [1.29, 1.82) is 0 Å². The molecule has 1 aromatic heterocycles. The number of aromatic nitrogens is 1. The van der Waals surface area contributed by atoms with Gasteiger partial charge in [0, 0.05) is 45.1 Å². The quantitative estimate of drug-likeness (QED) is 0.259. The summed E-state index contributed by atoms with van der Waals surface area (Å²) >= 11 is 9.44. The number of nitrogens with one attached hydrogen (secondary N) is 2. The number of carboxylic acid groups (broad SMARTS) is 1. The molecule has 1 heterocycles. The summed E-state index contributed by atoms with van der Waals surface area (Å²) in [6, 6.07) is 20.4. The predicted molar refractivity (Wildman–Crippen MR) is 130 cm³/mol. The van der Waals surface area contributed by atoms with Gasteiger partial charge in [-0.05, 0) is 47.5 Å². The van der Waals surface area contributed by atoms with Gasteiger partial charge >= 0.3 is 5.97 Å². The molecule has 5 nitrogen and oxygen atoms in total. The lowest BCUT2D eigenvalue weighted by atomic mass is 10.0. The number of aromatic amines is 1. The molecule has 7 heteroatoms. The van der Waals surface area contributed by atoms with E-state index in [9.17, 15) is 9.90 Å². The third kappa shape index (κ3) is 5.51. The number of carboxylic acids is 1. The van der Waals surface area contributed by atoms with Gasteiger partial charge in [-0.1, -0.05) is 57.9 Å². The lowest BCUT2D eigenvalue weighted by molar-refractivity contribution is -0.139. The Morgan fingerprint density at radius 3 is 2.66 bits per heavy atom. The Labute approximate surface area is 199 Å². The van der Waals surface area contributed by atoms with Gasteiger partial charge in [0.15, 0.2) is 0 Å². The van der Waals surface area contributed by atoms with Crippen LogP contribution >= 0.6 is 27.5 Å². The molecule has 0 fully saturated rings. The van der Waals surface area contributed by atoms with E-state index in [0.717, 1.165) is 32.1 Å². The second-order valence-corrected chi connectivity index (χ2v) is 8.85. The highest BCUT2D eigenvalue weighted by Crippen LogP contribution is 2.25. The summed E-state index contributed by atoms with van der Waals surface area (Å²) < 4.78 is 6.92. The van der Waals surface area contributed by atoms with E-state index in [1.54, 1.807) is 0 Å². The van der Waals surface area contributed by atoms with Crippen molar-refractivity contribution in [3.63, 3.8) is 0 Å². The summed E-state index contributed by atoms with van der Waals surface area (Å²) in [5.41, 5.74) is 3.84. The molecule has 0 saturated heterocycles. The Kier molecular flexibility index (Phi) is 7.15. The van der Waals surface area contributed by atoms with Crippen molar-refractivity contribution in [1.82, 2.24) is 10.3 Å². The highest BCUT2D eigenvalue weighted by molar-refractivity contribution is 9.10. The van der Waals surface area contributed by atoms with Gasteiger partial charge in [0.25, 0.3) is 0 Å². The first-order valence-electron chi connectivity index (χ1n) is 10.2. The molecule has 32 heavy (non-hydrogen) atoms. The average Bonchev–Trinajstić information content (AvgIpc) is 3.19. The van der Waals surface area contributed by atoms with Gasteiger partial charge < -0.3 is 14.8 Å². The van der Waals surface area contributed by atoms with Gasteiger partial charge in [-0.2, -0.15) is 0 Å². The van der Waals surface area contributed by atoms with Crippen LogP contribution in [0.25, 0.3) is 10.9 Å². The van der Waals surface area contributed by atoms with E-state index in [4.69, 9.17) is 16.3 Å². The highest BCUT2D eigenvalue weighted by Gasteiger charge is 2.20. The van der Waals surface area contributed by atoms with Crippen molar-refractivity contribution in [2.45, 2.75) is 25.6 Å². The molecule has 164 valence electrons. The fraction of sp³-hybridized carbons (Fsp3) is 0.160. The molecule has 0 aliphatic heterocycles. The van der Waals surface area contributed by atoms with E-state index in [1.807, 2.05) is 72.9 Å². The van der Waals surface area contributed by atoms with Crippen molar-refractivity contribution < 1.29 is 14.6 Å². The minimum atomic E-state index is -0.895. The summed E-state index contributed by atoms with van der Waals surface area (Å²) in [6.45, 7) is 0.748. The first kappa shape index (κ1) is 22.4. The number of hydrogen-bond acceptors (Lipinski definition) is 3. The van der Waals surface area contributed by atoms with E-state index < -0.39 is 12.0 Å². The molecular formula is C25H22BrClN2O3. The van der Waals surface area contributed by atoms with Gasteiger partial charge in [-0.25, -0.2) is 0 Å². The molecule has 1 atom stereocenters. The largest absolute Gasteiger partial charge is 0.489 e. The molecular weight excluding hydrogens is 492 g/mol. The van der Waals surface area contributed by atoms with E-state index in [-0.39, 0.29) is 0 Å². The number of rotatable bonds is 9. The monoisotopic (exact) mass is 512 g/mol. The summed E-state index contributed by atoms with van der Waals surface area (Å²) in [7, 11) is 0. The normalized spacial score (nSPS) is 12.1. The van der Waals surface area contributed by atoms with Crippen LogP contribution in [0.2, 0.25) is 5.02 Å². The molecule has 0 unspecified atom stereocenters. The number of fused-ring (bicyclic) bond motifs is 1. The molecule has 3 aromatic carbocycles. The third-order valence-electron chi connectivity index (χ3n) is 5.27. The van der Waals surface area contributed by atoms with Gasteiger partial charge in [0.2, 0.25) is 0 Å². The summed E-state index contributed by atoms with van der Waals surface area (Å²) in [5, 5.41) is 14.7. The van der Waals surface area contributed by atoms with Gasteiger partial charge in [-0.3, -0.25) is 10.1 Å². The van der Waals surface area contributed by atoms with Crippen LogP contribution in [0.3, 0.4) is 0 Å². The third-order valence-corrected chi connectivity index (χ3v) is 6.01. The van der Waals surface area contributed by atoms with Crippen molar-refractivity contribution in [3.8, 4) is 5.75 Å².